The van der Waals surface area contributed by atoms with Crippen molar-refractivity contribution in [2.75, 3.05) is 0 Å². The molecule has 0 atom stereocenters. The number of benzene rings is 3. The molecule has 0 saturated heterocycles. The van der Waals surface area contributed by atoms with E-state index in [1.807, 2.05) is 29.1 Å². The lowest BCUT2D eigenvalue weighted by Gasteiger charge is -2.16. The normalized spacial score (nSPS) is 10.6. The van der Waals surface area contributed by atoms with Crippen LogP contribution in [-0.4, -0.2) is 4.57 Å². The topological polar surface area (TPSA) is 28.7 Å². The zero-order chi connectivity index (χ0) is 26.7. The average Bonchev–Trinajstić information content (AvgIpc) is 2.96. The Labute approximate surface area is 236 Å². The predicted molar refractivity (Wildman–Crippen MR) is 164 cm³/mol. The molecule has 38 heavy (non-hydrogen) atoms. The number of rotatable bonds is 11. The van der Waals surface area contributed by atoms with E-state index in [0.29, 0.717) is 0 Å². The molecule has 0 radical (unpaired) electrons. The number of hydrogen-bond donors (Lipinski definition) is 0. The Morgan fingerprint density at radius 2 is 1.66 bits per heavy atom. The van der Waals surface area contributed by atoms with Crippen molar-refractivity contribution < 1.29 is 0 Å². The van der Waals surface area contributed by atoms with Gasteiger partial charge in [-0.25, -0.2) is 0 Å². The van der Waals surface area contributed by atoms with E-state index in [9.17, 15) is 5.26 Å². The van der Waals surface area contributed by atoms with Crippen LogP contribution in [0, 0.1) is 28.2 Å². The number of nitriles is 1. The monoisotopic (exact) mass is 532 g/mol. The first-order chi connectivity index (χ1) is 18.6. The summed E-state index contributed by atoms with van der Waals surface area (Å²) >= 11 is 7.88. The fraction of sp³-hybridized carbons (Fsp3) is 0.235. The van der Waals surface area contributed by atoms with E-state index in [1.165, 1.54) is 30.4 Å². The second kappa shape index (κ2) is 13.8. The highest BCUT2D eigenvalue weighted by atomic mass is 32.2. The van der Waals surface area contributed by atoms with Crippen molar-refractivity contribution in [1.29, 1.82) is 5.26 Å². The third kappa shape index (κ3) is 7.05. The highest BCUT2D eigenvalue weighted by Gasteiger charge is 2.13. The van der Waals surface area contributed by atoms with E-state index >= 15 is 0 Å². The standard InChI is InChI=1S/C34H32N2S2/c1-3-5-6-10-15-28-16-11-12-17-31(28)33-24-36(19-18-35)23-32(34(33)37)29-20-26(4-2)21-30(22-29)38-25-27-13-8-7-9-14-27/h2,7-9,11-14,16-17,20-24H,3,5-6,10,15,19,25H2,1H3. The number of thioether (sulfide) groups is 1. The molecule has 1 heterocycles. The zero-order valence-corrected chi connectivity index (χ0v) is 23.5. The lowest BCUT2D eigenvalue weighted by atomic mass is 9.94. The second-order valence-electron chi connectivity index (χ2n) is 9.38. The van der Waals surface area contributed by atoms with Crippen molar-refractivity contribution in [3.63, 3.8) is 0 Å². The summed E-state index contributed by atoms with van der Waals surface area (Å²) in [4.78, 5) is 1.10. The summed E-state index contributed by atoms with van der Waals surface area (Å²) in [5.74, 6) is 3.67. The summed E-state index contributed by atoms with van der Waals surface area (Å²) in [6.45, 7) is 2.48. The van der Waals surface area contributed by atoms with Crippen molar-refractivity contribution in [3.8, 4) is 40.7 Å². The van der Waals surface area contributed by atoms with Crippen molar-refractivity contribution in [2.45, 2.75) is 56.2 Å². The summed E-state index contributed by atoms with van der Waals surface area (Å²) in [5.41, 5.74) is 7.42. The maximum Gasteiger partial charge on any atom is 0.109 e. The van der Waals surface area contributed by atoms with Crippen LogP contribution in [0.15, 0.2) is 90.1 Å². The van der Waals surface area contributed by atoms with E-state index in [4.69, 9.17) is 18.6 Å². The first-order valence-electron chi connectivity index (χ1n) is 13.1. The van der Waals surface area contributed by atoms with Crippen LogP contribution in [0.3, 0.4) is 0 Å². The minimum atomic E-state index is 0.249. The van der Waals surface area contributed by atoms with Gasteiger partial charge in [0.15, 0.2) is 0 Å². The summed E-state index contributed by atoms with van der Waals surface area (Å²) in [7, 11) is 0. The van der Waals surface area contributed by atoms with Gasteiger partial charge in [0.05, 0.1) is 10.6 Å². The molecule has 0 saturated carbocycles. The maximum atomic E-state index is 9.51. The van der Waals surface area contributed by atoms with E-state index in [2.05, 4.69) is 79.6 Å². The molecule has 4 rings (SSSR count). The molecule has 1 aromatic heterocycles. The third-order valence-corrected chi connectivity index (χ3v) is 8.06. The number of nitrogens with zero attached hydrogens (tertiary/aromatic N) is 2. The molecule has 0 aliphatic heterocycles. The predicted octanol–water partition coefficient (Wildman–Crippen LogP) is 9.47. The van der Waals surface area contributed by atoms with Crippen molar-refractivity contribution in [3.05, 3.63) is 106 Å². The summed E-state index contributed by atoms with van der Waals surface area (Å²) in [6, 6.07) is 27.5. The Balaban J connectivity index is 1.77. The minimum Gasteiger partial charge on any atom is -0.339 e. The lowest BCUT2D eigenvalue weighted by Crippen LogP contribution is -2.01. The van der Waals surface area contributed by atoms with Crippen LogP contribution in [0.2, 0.25) is 0 Å². The Morgan fingerprint density at radius 3 is 2.42 bits per heavy atom. The van der Waals surface area contributed by atoms with Crippen molar-refractivity contribution in [1.82, 2.24) is 4.57 Å². The van der Waals surface area contributed by atoms with E-state index < -0.39 is 0 Å². The molecule has 190 valence electrons. The molecular weight excluding hydrogens is 501 g/mol. The maximum absolute atomic E-state index is 9.51. The molecule has 4 aromatic rings. The van der Waals surface area contributed by atoms with Crippen LogP contribution in [0.5, 0.6) is 0 Å². The molecule has 0 spiro atoms. The van der Waals surface area contributed by atoms with Crippen LogP contribution in [0.25, 0.3) is 22.3 Å². The number of unbranched alkanes of at least 4 members (excludes halogenated alkanes) is 3. The first kappa shape index (κ1) is 27.5. The van der Waals surface area contributed by atoms with Gasteiger partial charge < -0.3 is 4.57 Å². The Bertz CT molecular complexity index is 1520. The molecule has 0 amide bonds. The van der Waals surface area contributed by atoms with Gasteiger partial charge in [-0.2, -0.15) is 5.26 Å². The highest BCUT2D eigenvalue weighted by Crippen LogP contribution is 2.34. The summed E-state index contributed by atoms with van der Waals surface area (Å²) < 4.78 is 2.72. The number of pyridine rings is 1. The molecule has 0 bridgehead atoms. The zero-order valence-electron chi connectivity index (χ0n) is 21.8. The molecule has 0 aliphatic carbocycles. The number of terminal acetylenes is 1. The van der Waals surface area contributed by atoms with E-state index in [0.717, 1.165) is 55.8 Å². The third-order valence-electron chi connectivity index (χ3n) is 6.57. The number of aryl methyl sites for hydroxylation is 1. The quantitative estimate of drug-likeness (QED) is 0.0833. The molecule has 0 N–H and O–H groups in total. The summed E-state index contributed by atoms with van der Waals surface area (Å²) in [5, 5.41) is 9.51. The second-order valence-corrected chi connectivity index (χ2v) is 10.8. The smallest absolute Gasteiger partial charge is 0.109 e. The van der Waals surface area contributed by atoms with Gasteiger partial charge in [-0.1, -0.05) is 98.9 Å². The van der Waals surface area contributed by atoms with Gasteiger partial charge in [-0.3, -0.25) is 0 Å². The average molecular weight is 533 g/mol. The van der Waals surface area contributed by atoms with Crippen LogP contribution in [-0.2, 0) is 18.7 Å². The van der Waals surface area contributed by atoms with Crippen LogP contribution < -0.4 is 0 Å². The van der Waals surface area contributed by atoms with Gasteiger partial charge in [0.2, 0.25) is 0 Å². The fourth-order valence-electron chi connectivity index (χ4n) is 4.61. The molecule has 0 fully saturated rings. The lowest BCUT2D eigenvalue weighted by molar-refractivity contribution is 0.667. The largest absolute Gasteiger partial charge is 0.339 e. The van der Waals surface area contributed by atoms with Gasteiger partial charge >= 0.3 is 0 Å². The van der Waals surface area contributed by atoms with Gasteiger partial charge in [-0.05, 0) is 53.3 Å². The minimum absolute atomic E-state index is 0.249. The van der Waals surface area contributed by atoms with Crippen LogP contribution in [0.4, 0.5) is 0 Å². The molecule has 4 heteroatoms. The molecule has 3 aromatic carbocycles. The summed E-state index contributed by atoms with van der Waals surface area (Å²) in [6.07, 6.45) is 15.7. The van der Waals surface area contributed by atoms with Gasteiger partial charge in [0, 0.05) is 39.7 Å². The van der Waals surface area contributed by atoms with Crippen molar-refractivity contribution in [2.24, 2.45) is 0 Å². The van der Waals surface area contributed by atoms with Crippen LogP contribution >= 0.6 is 24.0 Å². The first-order valence-corrected chi connectivity index (χ1v) is 14.5. The number of hydrogen-bond acceptors (Lipinski definition) is 3. The molecule has 0 aliphatic rings. The van der Waals surface area contributed by atoms with Crippen LogP contribution in [0.1, 0.15) is 49.3 Å². The fourth-order valence-corrected chi connectivity index (χ4v) is 5.89. The van der Waals surface area contributed by atoms with Gasteiger partial charge in [0.1, 0.15) is 6.54 Å². The molecular formula is C34H32N2S2. The Hall–Kier alpha value is -3.57. The number of aromatic nitrogens is 1. The van der Waals surface area contributed by atoms with Gasteiger partial charge in [-0.15, -0.1) is 18.2 Å². The van der Waals surface area contributed by atoms with E-state index in [-0.39, 0.29) is 6.54 Å². The molecule has 2 nitrogen and oxygen atoms in total. The van der Waals surface area contributed by atoms with Crippen molar-refractivity contribution >= 4 is 24.0 Å². The van der Waals surface area contributed by atoms with E-state index in [1.54, 1.807) is 11.8 Å². The Morgan fingerprint density at radius 1 is 0.895 bits per heavy atom. The Kier molecular flexibility index (Phi) is 9.99. The highest BCUT2D eigenvalue weighted by molar-refractivity contribution is 7.98. The molecule has 0 unspecified atom stereocenters. The van der Waals surface area contributed by atoms with Gasteiger partial charge in [0.25, 0.3) is 0 Å². The SMILES string of the molecule is C#Cc1cc(SCc2ccccc2)cc(-c2cn(CC#N)cc(-c3ccccc3CCCCCC)c2=S)c1.